The van der Waals surface area contributed by atoms with Crippen LogP contribution in [-0.4, -0.2) is 35.3 Å². The van der Waals surface area contributed by atoms with Gasteiger partial charge in [-0.15, -0.1) is 0 Å². The van der Waals surface area contributed by atoms with Crippen molar-refractivity contribution >= 4 is 16.5 Å². The average molecular weight is 412 g/mol. The third-order valence-electron chi connectivity index (χ3n) is 7.06. The number of piperidine rings is 1. The maximum atomic E-state index is 6.76. The van der Waals surface area contributed by atoms with E-state index in [0.29, 0.717) is 0 Å². The molecule has 3 aromatic carbocycles. The van der Waals surface area contributed by atoms with Crippen LogP contribution in [0.3, 0.4) is 0 Å². The first-order valence-corrected chi connectivity index (χ1v) is 11.5. The summed E-state index contributed by atoms with van der Waals surface area (Å²) in [7, 11) is 0. The van der Waals surface area contributed by atoms with Gasteiger partial charge in [0, 0.05) is 31.5 Å². The molecule has 0 bridgehead atoms. The van der Waals surface area contributed by atoms with Crippen LogP contribution in [0.2, 0.25) is 0 Å². The zero-order chi connectivity index (χ0) is 20.8. The maximum Gasteiger partial charge on any atom is 0.182 e. The molecule has 1 N–H and O–H groups in total. The van der Waals surface area contributed by atoms with Crippen molar-refractivity contribution in [1.82, 2.24) is 15.3 Å². The van der Waals surface area contributed by atoms with Crippen molar-refractivity contribution in [2.24, 2.45) is 0 Å². The molecule has 3 aromatic rings. The minimum Gasteiger partial charge on any atom is -0.470 e. The van der Waals surface area contributed by atoms with Gasteiger partial charge in [-0.1, -0.05) is 61.5 Å². The van der Waals surface area contributed by atoms with E-state index in [1.54, 1.807) is 0 Å². The minimum atomic E-state index is -0.307. The number of nitrogens with zero attached hydrogens (tertiary/aromatic N) is 2. The van der Waals surface area contributed by atoms with Gasteiger partial charge in [-0.05, 0) is 47.5 Å². The fraction of sp³-hybridized carbons (Fsp3) is 0.333. The zero-order valence-electron chi connectivity index (χ0n) is 18.1. The number of hydrogen-bond acceptors (Lipinski definition) is 4. The normalized spacial score (nSPS) is 22.5. The van der Waals surface area contributed by atoms with Gasteiger partial charge in [-0.2, -0.15) is 5.01 Å². The van der Waals surface area contributed by atoms with Gasteiger partial charge >= 0.3 is 0 Å². The molecule has 4 heteroatoms. The zero-order valence-corrected chi connectivity index (χ0v) is 18.1. The van der Waals surface area contributed by atoms with E-state index in [-0.39, 0.29) is 11.8 Å². The Morgan fingerprint density at radius 3 is 2.58 bits per heavy atom. The molecule has 1 saturated heterocycles. The second-order valence-electron chi connectivity index (χ2n) is 9.00. The number of para-hydroxylation sites is 1. The van der Waals surface area contributed by atoms with E-state index >= 15 is 0 Å². The smallest absolute Gasteiger partial charge is 0.182 e. The molecule has 31 heavy (non-hydrogen) atoms. The lowest BCUT2D eigenvalue weighted by Crippen LogP contribution is -2.63. The van der Waals surface area contributed by atoms with Crippen LogP contribution in [0.4, 0.5) is 0 Å². The first kappa shape index (κ1) is 18.9. The second kappa shape index (κ2) is 7.40. The number of nitrogens with one attached hydrogen (secondary N) is 1. The molecule has 1 fully saturated rings. The topological polar surface area (TPSA) is 27.7 Å². The Labute approximate surface area is 184 Å². The summed E-state index contributed by atoms with van der Waals surface area (Å²) < 4.78 is 6.76. The Bertz CT molecular complexity index is 1150. The molecule has 3 aliphatic rings. The largest absolute Gasteiger partial charge is 0.470 e. The van der Waals surface area contributed by atoms with E-state index in [0.717, 1.165) is 31.7 Å². The Hall–Kier alpha value is -2.82. The summed E-state index contributed by atoms with van der Waals surface area (Å²) in [6.07, 6.45) is 5.59. The van der Waals surface area contributed by atoms with Crippen LogP contribution in [0.25, 0.3) is 16.5 Å². The number of benzene rings is 3. The molecule has 0 saturated carbocycles. The average Bonchev–Trinajstić information content (AvgIpc) is 3.28. The van der Waals surface area contributed by atoms with Crippen LogP contribution in [0.1, 0.15) is 43.4 Å². The fourth-order valence-corrected chi connectivity index (χ4v) is 5.43. The van der Waals surface area contributed by atoms with Crippen LogP contribution in [0.5, 0.6) is 5.75 Å². The standard InChI is InChI=1S/C27H29N3O/c1-2-15-29-16-13-27(14-17-29)30-25(23-9-5-6-10-26(23)31-27)19-24(28-30)22-12-11-20-7-3-4-8-21(20)18-22/h3-12,18-19,25,28H,2,13-17H2,1H3/t25-/m0/s1. The van der Waals surface area contributed by atoms with Gasteiger partial charge in [0.25, 0.3) is 0 Å². The van der Waals surface area contributed by atoms with Crippen molar-refractivity contribution < 1.29 is 4.74 Å². The van der Waals surface area contributed by atoms with Crippen LogP contribution in [-0.2, 0) is 0 Å². The van der Waals surface area contributed by atoms with E-state index < -0.39 is 0 Å². The lowest BCUT2D eigenvalue weighted by atomic mass is 9.92. The molecule has 0 unspecified atom stereocenters. The molecule has 158 valence electrons. The fourth-order valence-electron chi connectivity index (χ4n) is 5.43. The first-order chi connectivity index (χ1) is 15.3. The van der Waals surface area contributed by atoms with Crippen molar-refractivity contribution in [3.05, 3.63) is 83.9 Å². The molecule has 3 aliphatic heterocycles. The quantitative estimate of drug-likeness (QED) is 0.630. The van der Waals surface area contributed by atoms with Crippen molar-refractivity contribution in [1.29, 1.82) is 0 Å². The minimum absolute atomic E-state index is 0.184. The van der Waals surface area contributed by atoms with E-state index in [4.69, 9.17) is 4.74 Å². The summed E-state index contributed by atoms with van der Waals surface area (Å²) in [6, 6.07) is 24.0. The van der Waals surface area contributed by atoms with Gasteiger partial charge in [-0.25, -0.2) is 0 Å². The summed E-state index contributed by atoms with van der Waals surface area (Å²) >= 11 is 0. The SMILES string of the molecule is CCCN1CCC2(CC1)Oc1ccccc1[C@@H]1C=C(c3ccc4ccccc4c3)NN12. The van der Waals surface area contributed by atoms with Crippen molar-refractivity contribution in [3.63, 3.8) is 0 Å². The van der Waals surface area contributed by atoms with Crippen molar-refractivity contribution in [2.75, 3.05) is 19.6 Å². The monoisotopic (exact) mass is 411 g/mol. The van der Waals surface area contributed by atoms with Gasteiger partial charge in [0.05, 0.1) is 11.7 Å². The molecule has 1 spiro atoms. The molecular formula is C27H29N3O. The summed E-state index contributed by atoms with van der Waals surface area (Å²) in [5, 5.41) is 4.94. The predicted molar refractivity (Wildman–Crippen MR) is 125 cm³/mol. The number of hydrogen-bond donors (Lipinski definition) is 1. The summed E-state index contributed by atoms with van der Waals surface area (Å²) in [5.41, 5.74) is 7.11. The third kappa shape index (κ3) is 3.13. The molecule has 6 rings (SSSR count). The van der Waals surface area contributed by atoms with Crippen LogP contribution < -0.4 is 10.2 Å². The van der Waals surface area contributed by atoms with Crippen LogP contribution in [0.15, 0.2) is 72.8 Å². The Morgan fingerprint density at radius 1 is 0.968 bits per heavy atom. The van der Waals surface area contributed by atoms with Gasteiger partial charge in [-0.3, -0.25) is 0 Å². The predicted octanol–water partition coefficient (Wildman–Crippen LogP) is 5.34. The lowest BCUT2D eigenvalue weighted by Gasteiger charge is -2.51. The van der Waals surface area contributed by atoms with Crippen molar-refractivity contribution in [2.45, 2.75) is 38.0 Å². The highest BCUT2D eigenvalue weighted by atomic mass is 16.5. The molecule has 0 aliphatic carbocycles. The number of fused-ring (bicyclic) bond motifs is 5. The summed E-state index contributed by atoms with van der Waals surface area (Å²) in [6.45, 7) is 5.58. The van der Waals surface area contributed by atoms with E-state index in [9.17, 15) is 0 Å². The summed E-state index contributed by atoms with van der Waals surface area (Å²) in [5.74, 6) is 1.03. The van der Waals surface area contributed by atoms with E-state index in [2.05, 4.69) is 95.1 Å². The Balaban J connectivity index is 1.37. The number of likely N-dealkylation sites (tertiary alicyclic amines) is 1. The van der Waals surface area contributed by atoms with Gasteiger partial charge in [0.2, 0.25) is 0 Å². The van der Waals surface area contributed by atoms with Gasteiger partial charge < -0.3 is 15.1 Å². The van der Waals surface area contributed by atoms with Crippen molar-refractivity contribution in [3.8, 4) is 5.75 Å². The molecule has 3 heterocycles. The van der Waals surface area contributed by atoms with Gasteiger partial charge in [0.1, 0.15) is 5.75 Å². The van der Waals surface area contributed by atoms with Gasteiger partial charge in [0.15, 0.2) is 5.72 Å². The second-order valence-corrected chi connectivity index (χ2v) is 9.00. The Kier molecular flexibility index (Phi) is 4.51. The maximum absolute atomic E-state index is 6.76. The van der Waals surface area contributed by atoms with Crippen LogP contribution >= 0.6 is 0 Å². The molecule has 0 radical (unpaired) electrons. The van der Waals surface area contributed by atoms with E-state index in [1.807, 2.05) is 0 Å². The third-order valence-corrected chi connectivity index (χ3v) is 7.06. The molecule has 4 nitrogen and oxygen atoms in total. The molecule has 1 atom stereocenters. The highest BCUT2D eigenvalue weighted by molar-refractivity contribution is 5.86. The molecule has 0 amide bonds. The van der Waals surface area contributed by atoms with Crippen LogP contribution in [0, 0.1) is 0 Å². The highest BCUT2D eigenvalue weighted by Gasteiger charge is 2.51. The molecular weight excluding hydrogens is 382 g/mol. The lowest BCUT2D eigenvalue weighted by molar-refractivity contribution is -0.159. The summed E-state index contributed by atoms with van der Waals surface area (Å²) in [4.78, 5) is 2.57. The highest BCUT2D eigenvalue weighted by Crippen LogP contribution is 2.48. The first-order valence-electron chi connectivity index (χ1n) is 11.5. The number of ether oxygens (including phenoxy) is 1. The number of rotatable bonds is 3. The molecule has 0 aromatic heterocycles. The number of hydrazine groups is 1. The Morgan fingerprint density at radius 2 is 1.74 bits per heavy atom. The van der Waals surface area contributed by atoms with E-state index in [1.165, 1.54) is 40.6 Å².